The lowest BCUT2D eigenvalue weighted by Gasteiger charge is -2.53. The number of rotatable bonds is 50. The van der Waals surface area contributed by atoms with E-state index in [9.17, 15) is 4.79 Å². The molecule has 0 amide bonds. The van der Waals surface area contributed by atoms with Gasteiger partial charge in [0.05, 0.1) is 112 Å². The van der Waals surface area contributed by atoms with E-state index in [0.29, 0.717) is 0 Å². The average molecular weight is 1830 g/mol. The predicted molar refractivity (Wildman–Crippen MR) is 506 cm³/mol. The average Bonchev–Trinajstić information content (AvgIpc) is 0.753. The molecule has 704 valence electrons. The predicted octanol–water partition coefficient (Wildman–Crippen LogP) is 18.7. The number of carbonyl (C=O) groups excluding carboxylic acids is 1. The van der Waals surface area contributed by atoms with Crippen LogP contribution >= 0.6 is 0 Å². The fraction of sp³-hybridized carbons (Fsp3) is 0.336. The van der Waals surface area contributed by atoms with E-state index in [4.69, 9.17) is 99.5 Å². The maximum atomic E-state index is 14.6. The third kappa shape index (κ3) is 29.1. The Morgan fingerprint density at radius 3 is 0.593 bits per heavy atom. The van der Waals surface area contributed by atoms with Crippen LogP contribution in [0.4, 0.5) is 0 Å². The van der Waals surface area contributed by atoms with Gasteiger partial charge in [-0.05, 0) is 66.8 Å². The largest absolute Gasteiger partial charge is 0.454 e. The van der Waals surface area contributed by atoms with E-state index in [-0.39, 0.29) is 112 Å². The Kier molecular flexibility index (Phi) is 37.7. The quantitative estimate of drug-likeness (QED) is 0.0256. The normalized spacial score (nSPS) is 25.1. The van der Waals surface area contributed by atoms with E-state index in [1.165, 1.54) is 6.92 Å². The van der Waals surface area contributed by atoms with Crippen LogP contribution in [-0.2, 0) is 184 Å². The molecule has 0 unspecified atom stereocenters. The van der Waals surface area contributed by atoms with Gasteiger partial charge in [-0.3, -0.25) is 4.79 Å². The van der Waals surface area contributed by atoms with Crippen molar-refractivity contribution < 1.29 is 104 Å². The van der Waals surface area contributed by atoms with Gasteiger partial charge in [-0.15, -0.1) is 6.58 Å². The molecule has 12 aromatic carbocycles. The van der Waals surface area contributed by atoms with Gasteiger partial charge in [0.25, 0.3) is 0 Å². The van der Waals surface area contributed by atoms with Crippen molar-refractivity contribution >= 4 is 5.97 Å². The zero-order valence-corrected chi connectivity index (χ0v) is 76.0. The monoisotopic (exact) mass is 1830 g/mol. The standard InChI is InChI=1S/C113H120O22/c1-3-64-119-110-106(102(124-73-90-56-32-12-33-57-90)98(120-69-86-48-24-8-25-49-86)94(129-110)77-115-65-82-40-16-4-17-41-82)133-112-108(104(126-75-92-60-36-14-37-61-92)100(122-71-88-52-28-10-29-53-88)96(131-112)79-117-67-84-44-20-6-21-45-84)135-113-109(105(127-76-93-62-38-15-39-63-93)101(123-72-89-54-30-11-31-55-89)97(132-113)80-118-68-85-46-22-7-23-47-85)134-111-107(128-81(2)114)103(125-74-91-58-34-13-35-59-91)99(121-70-87-50-26-9-27-51-87)95(130-111)78-116-66-83-42-18-5-19-43-83/h3-63,94-113H,1,64-80H2,2H3/t94-,95-,96-,97-,98-,99-,100-,101-,102+,103+,104+,105+,106+,107-,108+,109+,110+,111+,112-,113+/m1/s1. The second kappa shape index (κ2) is 52.4. The number of esters is 1. The number of hydrogen-bond acceptors (Lipinski definition) is 22. The summed E-state index contributed by atoms with van der Waals surface area (Å²) in [5, 5.41) is 0. The number of carbonyl (C=O) groups is 1. The van der Waals surface area contributed by atoms with Crippen molar-refractivity contribution in [2.45, 2.75) is 209 Å². The molecule has 0 aliphatic carbocycles. The van der Waals surface area contributed by atoms with Crippen LogP contribution in [0.3, 0.4) is 0 Å². The smallest absolute Gasteiger partial charge is 0.303 e. The van der Waals surface area contributed by atoms with Gasteiger partial charge >= 0.3 is 5.97 Å². The molecule has 4 aliphatic rings. The Balaban J connectivity index is 0.887. The van der Waals surface area contributed by atoms with Crippen molar-refractivity contribution in [3.05, 3.63) is 443 Å². The number of hydrogen-bond donors (Lipinski definition) is 0. The summed E-state index contributed by atoms with van der Waals surface area (Å²) in [7, 11) is 0. The lowest BCUT2D eigenvalue weighted by Crippen LogP contribution is -2.69. The molecule has 4 aliphatic heterocycles. The molecule has 16 rings (SSSR count). The maximum absolute atomic E-state index is 14.6. The second-order valence-electron chi connectivity index (χ2n) is 33.8. The van der Waals surface area contributed by atoms with Crippen molar-refractivity contribution in [1.82, 2.24) is 0 Å². The van der Waals surface area contributed by atoms with Gasteiger partial charge in [0.15, 0.2) is 31.3 Å². The van der Waals surface area contributed by atoms with Crippen molar-refractivity contribution in [1.29, 1.82) is 0 Å². The first kappa shape index (κ1) is 97.1. The van der Waals surface area contributed by atoms with Crippen LogP contribution in [0.5, 0.6) is 0 Å². The van der Waals surface area contributed by atoms with Crippen LogP contribution in [0.25, 0.3) is 0 Å². The zero-order valence-electron chi connectivity index (χ0n) is 76.0. The van der Waals surface area contributed by atoms with Crippen LogP contribution < -0.4 is 0 Å². The van der Waals surface area contributed by atoms with Crippen LogP contribution in [0.1, 0.15) is 73.7 Å². The molecule has 4 fully saturated rings. The van der Waals surface area contributed by atoms with Crippen molar-refractivity contribution in [3.8, 4) is 0 Å². The molecule has 0 spiro atoms. The second-order valence-corrected chi connectivity index (χ2v) is 33.8. The van der Waals surface area contributed by atoms with E-state index in [0.717, 1.165) is 66.8 Å². The molecule has 0 bridgehead atoms. The SMILES string of the molecule is C=CCO[C@H]1O[C@H](COCc2ccccc2)[C@@H](OCc2ccccc2)[C@H](OCc2ccccc2)[C@@H]1O[C@H]1O[C@H](COCc2ccccc2)[C@@H](OCc2ccccc2)[C@H](OCc2ccccc2)[C@@H]1O[C@@H]1O[C@H](COCc2ccccc2)[C@@H](OCc2ccccc2)[C@H](OCc2ccccc2)[C@@H]1O[C@@H]1O[C@H](COCc2ccccc2)[C@@H](OCc2ccccc2)[C@H](OCc2ccccc2)[C@H]1OC(C)=O. The molecule has 4 saturated heterocycles. The molecule has 22 heteroatoms. The highest BCUT2D eigenvalue weighted by Gasteiger charge is 2.60. The molecule has 0 radical (unpaired) electrons. The Hall–Kier alpha value is -11.0. The molecule has 12 aromatic rings. The number of ether oxygens (including phenoxy) is 21. The number of benzene rings is 12. The highest BCUT2D eigenvalue weighted by Crippen LogP contribution is 2.43. The first-order chi connectivity index (χ1) is 66.7. The van der Waals surface area contributed by atoms with Gasteiger partial charge in [0.1, 0.15) is 91.6 Å². The Morgan fingerprint density at radius 1 is 0.222 bits per heavy atom. The molecule has 0 aromatic heterocycles. The summed E-state index contributed by atoms with van der Waals surface area (Å²) in [5.74, 6) is -0.677. The van der Waals surface area contributed by atoms with Gasteiger partial charge in [0.2, 0.25) is 0 Å². The molecule has 22 nitrogen and oxygen atoms in total. The Labute approximate surface area is 791 Å². The molecular formula is C113H120O22. The summed E-state index contributed by atoms with van der Waals surface area (Å²) >= 11 is 0. The molecule has 0 N–H and O–H groups in total. The van der Waals surface area contributed by atoms with Gasteiger partial charge < -0.3 is 99.5 Å². The summed E-state index contributed by atoms with van der Waals surface area (Å²) in [6.45, 7) is 6.41. The fourth-order valence-corrected chi connectivity index (χ4v) is 17.1. The molecule has 4 heterocycles. The molecule has 135 heavy (non-hydrogen) atoms. The minimum absolute atomic E-state index is 0.00737. The van der Waals surface area contributed by atoms with E-state index >= 15 is 0 Å². The van der Waals surface area contributed by atoms with E-state index in [1.807, 2.05) is 364 Å². The van der Waals surface area contributed by atoms with E-state index < -0.39 is 129 Å². The summed E-state index contributed by atoms with van der Waals surface area (Å²) in [6.07, 6.45) is -23.3. The van der Waals surface area contributed by atoms with Crippen molar-refractivity contribution in [2.24, 2.45) is 0 Å². The van der Waals surface area contributed by atoms with Gasteiger partial charge in [0, 0.05) is 6.92 Å². The first-order valence-corrected chi connectivity index (χ1v) is 46.4. The van der Waals surface area contributed by atoms with Gasteiger partial charge in [-0.25, -0.2) is 0 Å². The lowest BCUT2D eigenvalue weighted by atomic mass is 9.94. The highest BCUT2D eigenvalue weighted by molar-refractivity contribution is 5.66. The third-order valence-electron chi connectivity index (χ3n) is 23.8. The summed E-state index contributed by atoms with van der Waals surface area (Å²) in [6, 6.07) is 118. The highest BCUT2D eigenvalue weighted by atomic mass is 16.8. The van der Waals surface area contributed by atoms with Crippen molar-refractivity contribution in [2.75, 3.05) is 33.0 Å². The van der Waals surface area contributed by atoms with Crippen molar-refractivity contribution in [3.63, 3.8) is 0 Å². The Bertz CT molecular complexity index is 5300. The van der Waals surface area contributed by atoms with Gasteiger partial charge in [-0.2, -0.15) is 0 Å². The molecule has 20 atom stereocenters. The first-order valence-electron chi connectivity index (χ1n) is 46.4. The summed E-state index contributed by atoms with van der Waals surface area (Å²) in [4.78, 5) is 14.6. The topological polar surface area (TPSA) is 211 Å². The third-order valence-corrected chi connectivity index (χ3v) is 23.8. The van der Waals surface area contributed by atoms with Gasteiger partial charge in [-0.1, -0.05) is 370 Å². The van der Waals surface area contributed by atoms with Crippen LogP contribution in [0.2, 0.25) is 0 Å². The van der Waals surface area contributed by atoms with E-state index in [2.05, 4.69) is 6.58 Å². The minimum atomic E-state index is -1.69. The van der Waals surface area contributed by atoms with E-state index in [1.54, 1.807) is 6.08 Å². The van der Waals surface area contributed by atoms with Crippen LogP contribution in [0, 0.1) is 0 Å². The minimum Gasteiger partial charge on any atom is -0.454 e. The van der Waals surface area contributed by atoms with Crippen LogP contribution in [0.15, 0.2) is 377 Å². The summed E-state index contributed by atoms with van der Waals surface area (Å²) < 4.78 is 156. The zero-order chi connectivity index (χ0) is 92.1. The molecular weight excluding hydrogens is 1710 g/mol. The fourth-order valence-electron chi connectivity index (χ4n) is 17.1. The van der Waals surface area contributed by atoms with Crippen LogP contribution in [-0.4, -0.2) is 162 Å². The maximum Gasteiger partial charge on any atom is 0.303 e. The lowest BCUT2D eigenvalue weighted by molar-refractivity contribution is -0.416. The summed E-state index contributed by atoms with van der Waals surface area (Å²) in [5.41, 5.74) is 10.4. The molecule has 0 saturated carbocycles. The Morgan fingerprint density at radius 2 is 0.393 bits per heavy atom.